The quantitative estimate of drug-likeness (QED) is 0.598. The van der Waals surface area contributed by atoms with Gasteiger partial charge >= 0.3 is 5.97 Å². The van der Waals surface area contributed by atoms with E-state index in [9.17, 15) is 9.59 Å². The highest BCUT2D eigenvalue weighted by atomic mass is 35.5. The van der Waals surface area contributed by atoms with Crippen molar-refractivity contribution in [2.45, 2.75) is 12.0 Å². The first-order chi connectivity index (χ1) is 14.6. The van der Waals surface area contributed by atoms with Crippen molar-refractivity contribution in [1.82, 2.24) is 14.9 Å². The first-order valence-corrected chi connectivity index (χ1v) is 9.79. The van der Waals surface area contributed by atoms with E-state index in [-0.39, 0.29) is 16.9 Å². The van der Waals surface area contributed by atoms with Crippen LogP contribution in [0.1, 0.15) is 32.7 Å². The van der Waals surface area contributed by atoms with Crippen molar-refractivity contribution in [3.63, 3.8) is 0 Å². The number of esters is 1. The third-order valence-corrected chi connectivity index (χ3v) is 5.69. The van der Waals surface area contributed by atoms with Gasteiger partial charge in [-0.2, -0.15) is 0 Å². The van der Waals surface area contributed by atoms with Crippen LogP contribution in [0.4, 0.5) is 0 Å². The SMILES string of the molecule is O=C1O[C@]2(CCN(C(=O)c3ccc(Oc4cnccn4)cc3Cl)C2)c2ccccc21. The van der Waals surface area contributed by atoms with Gasteiger partial charge in [0.1, 0.15) is 5.75 Å². The summed E-state index contributed by atoms with van der Waals surface area (Å²) >= 11 is 6.38. The van der Waals surface area contributed by atoms with Crippen LogP contribution in [0.25, 0.3) is 0 Å². The summed E-state index contributed by atoms with van der Waals surface area (Å²) in [7, 11) is 0. The van der Waals surface area contributed by atoms with E-state index in [0.717, 1.165) is 5.56 Å². The maximum atomic E-state index is 13.1. The summed E-state index contributed by atoms with van der Waals surface area (Å²) < 4.78 is 11.3. The maximum Gasteiger partial charge on any atom is 0.339 e. The molecule has 2 aliphatic rings. The molecule has 0 saturated carbocycles. The molecule has 1 amide bonds. The van der Waals surface area contributed by atoms with Crippen molar-refractivity contribution >= 4 is 23.5 Å². The molecule has 3 heterocycles. The molecule has 2 aromatic carbocycles. The summed E-state index contributed by atoms with van der Waals surface area (Å²) in [6, 6.07) is 12.2. The Kier molecular flexibility index (Phi) is 4.40. The van der Waals surface area contributed by atoms with Gasteiger partial charge in [-0.15, -0.1) is 0 Å². The molecule has 7 nitrogen and oxygen atoms in total. The zero-order chi connectivity index (χ0) is 20.7. The Hall–Kier alpha value is -3.45. The van der Waals surface area contributed by atoms with E-state index in [2.05, 4.69) is 9.97 Å². The molecule has 0 N–H and O–H groups in total. The predicted molar refractivity (Wildman–Crippen MR) is 108 cm³/mol. The number of amides is 1. The van der Waals surface area contributed by atoms with Crippen molar-refractivity contribution in [3.8, 4) is 11.6 Å². The lowest BCUT2D eigenvalue weighted by Gasteiger charge is -2.24. The summed E-state index contributed by atoms with van der Waals surface area (Å²) in [5, 5.41) is 0.270. The number of rotatable bonds is 3. The van der Waals surface area contributed by atoms with Gasteiger partial charge in [0.25, 0.3) is 5.91 Å². The number of carbonyl (C=O) groups is 2. The average Bonchev–Trinajstić information content (AvgIpc) is 3.30. The summed E-state index contributed by atoms with van der Waals surface area (Å²) in [5.41, 5.74) is 0.975. The molecule has 30 heavy (non-hydrogen) atoms. The smallest absolute Gasteiger partial charge is 0.339 e. The standard InChI is InChI=1S/C22H16ClN3O4/c23-18-11-14(29-19-12-24-8-9-25-19)5-6-16(18)20(27)26-10-7-22(13-26)17-4-2-1-3-15(17)21(28)30-22/h1-6,8-9,11-12H,7,10,13H2/t22-/m0/s1. The van der Waals surface area contributed by atoms with Crippen LogP contribution in [0.3, 0.4) is 0 Å². The zero-order valence-electron chi connectivity index (χ0n) is 15.7. The Balaban J connectivity index is 1.35. The molecular formula is C22H16ClN3O4. The van der Waals surface area contributed by atoms with E-state index >= 15 is 0 Å². The van der Waals surface area contributed by atoms with E-state index in [1.165, 1.54) is 12.4 Å². The number of nitrogens with zero attached hydrogens (tertiary/aromatic N) is 3. The van der Waals surface area contributed by atoms with Crippen LogP contribution < -0.4 is 4.74 Å². The van der Waals surface area contributed by atoms with Gasteiger partial charge in [0, 0.05) is 37.0 Å². The molecule has 0 bridgehead atoms. The fourth-order valence-corrected chi connectivity index (χ4v) is 4.22. The van der Waals surface area contributed by atoms with Gasteiger partial charge in [-0.05, 0) is 18.2 Å². The predicted octanol–water partition coefficient (Wildman–Crippen LogP) is 3.83. The molecule has 8 heteroatoms. The Morgan fingerprint density at radius 2 is 2.07 bits per heavy atom. The fraction of sp³-hybridized carbons (Fsp3) is 0.182. The summed E-state index contributed by atoms with van der Waals surface area (Å²) in [6.45, 7) is 0.761. The minimum Gasteiger partial charge on any atom is -0.449 e. The van der Waals surface area contributed by atoms with Gasteiger partial charge < -0.3 is 14.4 Å². The largest absolute Gasteiger partial charge is 0.449 e. The van der Waals surface area contributed by atoms with Gasteiger partial charge in [0.15, 0.2) is 5.60 Å². The molecule has 150 valence electrons. The number of aromatic nitrogens is 2. The summed E-state index contributed by atoms with van der Waals surface area (Å²) in [4.78, 5) is 35.0. The van der Waals surface area contributed by atoms with Crippen LogP contribution >= 0.6 is 11.6 Å². The van der Waals surface area contributed by atoms with Crippen molar-refractivity contribution < 1.29 is 19.1 Å². The van der Waals surface area contributed by atoms with E-state index in [1.807, 2.05) is 12.1 Å². The summed E-state index contributed by atoms with van der Waals surface area (Å²) in [6.07, 6.45) is 5.10. The maximum absolute atomic E-state index is 13.1. The highest BCUT2D eigenvalue weighted by molar-refractivity contribution is 6.34. The van der Waals surface area contributed by atoms with E-state index in [1.54, 1.807) is 41.4 Å². The first kappa shape index (κ1) is 18.6. The number of halogens is 1. The number of likely N-dealkylation sites (tertiary alicyclic amines) is 1. The minimum atomic E-state index is -0.787. The van der Waals surface area contributed by atoms with Crippen LogP contribution in [0.2, 0.25) is 5.02 Å². The van der Waals surface area contributed by atoms with Crippen LogP contribution in [-0.2, 0) is 10.3 Å². The van der Waals surface area contributed by atoms with Crippen molar-refractivity contribution in [3.05, 3.63) is 82.8 Å². The second-order valence-electron chi connectivity index (χ2n) is 7.19. The van der Waals surface area contributed by atoms with E-state index in [4.69, 9.17) is 21.1 Å². The van der Waals surface area contributed by atoms with E-state index < -0.39 is 5.60 Å². The topological polar surface area (TPSA) is 81.6 Å². The number of hydrogen-bond acceptors (Lipinski definition) is 6. The van der Waals surface area contributed by atoms with Gasteiger partial charge in [-0.1, -0.05) is 29.8 Å². The normalized spacial score (nSPS) is 19.6. The third-order valence-electron chi connectivity index (χ3n) is 5.38. The molecule has 0 aliphatic carbocycles. The molecule has 1 spiro atoms. The Labute approximate surface area is 177 Å². The van der Waals surface area contributed by atoms with Crippen LogP contribution in [-0.4, -0.2) is 39.8 Å². The molecule has 1 fully saturated rings. The molecule has 2 aliphatic heterocycles. The lowest BCUT2D eigenvalue weighted by Crippen LogP contribution is -2.34. The highest BCUT2D eigenvalue weighted by Gasteiger charge is 2.51. The molecule has 3 aromatic rings. The van der Waals surface area contributed by atoms with E-state index in [0.29, 0.717) is 42.3 Å². The highest BCUT2D eigenvalue weighted by Crippen LogP contribution is 2.43. The summed E-state index contributed by atoms with van der Waals surface area (Å²) in [5.74, 6) is 0.219. The Morgan fingerprint density at radius 1 is 1.20 bits per heavy atom. The van der Waals surface area contributed by atoms with Crippen molar-refractivity contribution in [1.29, 1.82) is 0 Å². The van der Waals surface area contributed by atoms with Gasteiger partial charge in [-0.3, -0.25) is 9.78 Å². The fourth-order valence-electron chi connectivity index (χ4n) is 3.97. The molecular weight excluding hydrogens is 406 g/mol. The lowest BCUT2D eigenvalue weighted by molar-refractivity contribution is -0.00306. The van der Waals surface area contributed by atoms with Crippen LogP contribution in [0.15, 0.2) is 61.1 Å². The Bertz CT molecular complexity index is 1150. The zero-order valence-corrected chi connectivity index (χ0v) is 16.5. The minimum absolute atomic E-state index is 0.219. The van der Waals surface area contributed by atoms with Gasteiger partial charge in [0.05, 0.1) is 28.9 Å². The van der Waals surface area contributed by atoms with Crippen LogP contribution in [0.5, 0.6) is 11.6 Å². The van der Waals surface area contributed by atoms with Gasteiger partial charge in [0.2, 0.25) is 5.88 Å². The van der Waals surface area contributed by atoms with Crippen molar-refractivity contribution in [2.24, 2.45) is 0 Å². The number of benzene rings is 2. The molecule has 0 unspecified atom stereocenters. The molecule has 1 aromatic heterocycles. The average molecular weight is 422 g/mol. The molecule has 1 saturated heterocycles. The Morgan fingerprint density at radius 3 is 2.87 bits per heavy atom. The number of fused-ring (bicyclic) bond motifs is 2. The van der Waals surface area contributed by atoms with Gasteiger partial charge in [-0.25, -0.2) is 9.78 Å². The first-order valence-electron chi connectivity index (χ1n) is 9.41. The molecule has 0 radical (unpaired) electrons. The second-order valence-corrected chi connectivity index (χ2v) is 7.60. The van der Waals surface area contributed by atoms with Crippen LogP contribution in [0, 0.1) is 0 Å². The molecule has 1 atom stereocenters. The number of hydrogen-bond donors (Lipinski definition) is 0. The number of ether oxygens (including phenoxy) is 2. The van der Waals surface area contributed by atoms with Crippen molar-refractivity contribution in [2.75, 3.05) is 13.1 Å². The monoisotopic (exact) mass is 421 g/mol. The third kappa shape index (κ3) is 3.07. The number of carbonyl (C=O) groups excluding carboxylic acids is 2. The lowest BCUT2D eigenvalue weighted by atomic mass is 9.91. The second kappa shape index (κ2) is 7.11. The molecule has 5 rings (SSSR count).